The van der Waals surface area contributed by atoms with Gasteiger partial charge in [-0.25, -0.2) is 4.98 Å². The fourth-order valence-electron chi connectivity index (χ4n) is 4.05. The molecule has 37 heavy (non-hydrogen) atoms. The zero-order valence-corrected chi connectivity index (χ0v) is 20.4. The second kappa shape index (κ2) is 11.0. The maximum absolute atomic E-state index is 13.0. The van der Waals surface area contributed by atoms with Crippen molar-refractivity contribution >= 4 is 35.1 Å². The van der Waals surface area contributed by atoms with Gasteiger partial charge in [-0.05, 0) is 47.5 Å². The van der Waals surface area contributed by atoms with Crippen molar-refractivity contribution in [2.24, 2.45) is 0 Å². The van der Waals surface area contributed by atoms with Gasteiger partial charge in [-0.2, -0.15) is 4.68 Å². The quantitative estimate of drug-likeness (QED) is 0.308. The highest BCUT2D eigenvalue weighted by Gasteiger charge is 2.21. The highest BCUT2D eigenvalue weighted by molar-refractivity contribution is 6.30. The first-order valence-corrected chi connectivity index (χ1v) is 12.1. The van der Waals surface area contributed by atoms with Gasteiger partial charge in [-0.15, -0.1) is 5.10 Å². The number of carbonyl (C=O) groups is 2. The summed E-state index contributed by atoms with van der Waals surface area (Å²) in [5, 5.41) is 20.9. The van der Waals surface area contributed by atoms with Crippen LogP contribution < -0.4 is 16.0 Å². The average Bonchev–Trinajstić information content (AvgIpc) is 3.60. The van der Waals surface area contributed by atoms with Gasteiger partial charge in [0.05, 0.1) is 23.1 Å². The highest BCUT2D eigenvalue weighted by Crippen LogP contribution is 2.25. The van der Waals surface area contributed by atoms with Gasteiger partial charge in [-0.1, -0.05) is 29.8 Å². The molecule has 1 atom stereocenters. The van der Waals surface area contributed by atoms with Gasteiger partial charge < -0.3 is 20.9 Å². The van der Waals surface area contributed by atoms with E-state index in [9.17, 15) is 9.59 Å². The number of nitrogens with one attached hydrogen (secondary N) is 4. The highest BCUT2D eigenvalue weighted by atomic mass is 35.5. The maximum Gasteiger partial charge on any atom is 0.244 e. The Morgan fingerprint density at radius 1 is 1.27 bits per heavy atom. The van der Waals surface area contributed by atoms with Crippen LogP contribution >= 0.6 is 11.6 Å². The monoisotopic (exact) mass is 517 g/mol. The van der Waals surface area contributed by atoms with E-state index in [0.29, 0.717) is 59.3 Å². The zero-order chi connectivity index (χ0) is 25.6. The number of aromatic nitrogens is 6. The molecule has 11 nitrogen and oxygen atoms in total. The summed E-state index contributed by atoms with van der Waals surface area (Å²) in [4.78, 5) is 33.3. The number of fused-ring (bicyclic) bond motifs is 4. The van der Waals surface area contributed by atoms with Gasteiger partial charge in [0.1, 0.15) is 12.2 Å². The topological polar surface area (TPSA) is 143 Å². The number of dihydropyridines is 1. The molecule has 0 spiro atoms. The van der Waals surface area contributed by atoms with Crippen molar-refractivity contribution in [1.29, 1.82) is 0 Å². The Kier molecular flexibility index (Phi) is 7.22. The molecule has 2 aliphatic rings. The maximum atomic E-state index is 13.0. The van der Waals surface area contributed by atoms with Crippen LogP contribution in [0.3, 0.4) is 0 Å². The number of amides is 2. The summed E-state index contributed by atoms with van der Waals surface area (Å²) < 4.78 is 1.50. The van der Waals surface area contributed by atoms with Crippen LogP contribution in [0, 0.1) is 0 Å². The van der Waals surface area contributed by atoms with Crippen LogP contribution in [0.1, 0.15) is 42.4 Å². The smallest absolute Gasteiger partial charge is 0.244 e. The van der Waals surface area contributed by atoms with E-state index in [1.807, 2.05) is 18.2 Å². The zero-order valence-electron chi connectivity index (χ0n) is 19.7. The molecule has 188 valence electrons. The largest absolute Gasteiger partial charge is 0.386 e. The molecule has 4 N–H and O–H groups in total. The van der Waals surface area contributed by atoms with Crippen molar-refractivity contribution in [3.8, 4) is 5.69 Å². The SMILES string of the molecule is O=C(/C=C/c1cc(Cl)ccc1-n1cnnn1)N[C@H]1C/C=C/CCC(=O)NC2=CNCC=C2c2c[nH]c1n2. The second-order valence-corrected chi connectivity index (χ2v) is 8.84. The number of imidazole rings is 1. The van der Waals surface area contributed by atoms with Crippen molar-refractivity contribution < 1.29 is 9.59 Å². The van der Waals surface area contributed by atoms with Gasteiger partial charge in [0, 0.05) is 47.6 Å². The molecule has 3 aromatic rings. The average molecular weight is 518 g/mol. The Labute approximate surface area is 217 Å². The van der Waals surface area contributed by atoms with E-state index in [1.54, 1.807) is 36.7 Å². The van der Waals surface area contributed by atoms with Crippen LogP contribution in [-0.2, 0) is 9.59 Å². The minimum atomic E-state index is -0.403. The van der Waals surface area contributed by atoms with E-state index in [4.69, 9.17) is 16.6 Å². The minimum absolute atomic E-state index is 0.0717. The molecule has 0 saturated heterocycles. The summed E-state index contributed by atoms with van der Waals surface area (Å²) >= 11 is 6.18. The van der Waals surface area contributed by atoms with Crippen molar-refractivity contribution in [1.82, 2.24) is 46.1 Å². The lowest BCUT2D eigenvalue weighted by atomic mass is 10.1. The van der Waals surface area contributed by atoms with Gasteiger partial charge in [0.25, 0.3) is 0 Å². The molecule has 2 amide bonds. The lowest BCUT2D eigenvalue weighted by Gasteiger charge is -2.17. The lowest BCUT2D eigenvalue weighted by Crippen LogP contribution is -2.28. The third-order valence-corrected chi connectivity index (χ3v) is 6.07. The number of halogens is 1. The van der Waals surface area contributed by atoms with Gasteiger partial charge in [-0.3, -0.25) is 9.59 Å². The predicted octanol–water partition coefficient (Wildman–Crippen LogP) is 2.59. The number of tetrazole rings is 1. The van der Waals surface area contributed by atoms with Crippen molar-refractivity contribution in [3.05, 3.63) is 89.0 Å². The Morgan fingerprint density at radius 3 is 3.05 bits per heavy atom. The van der Waals surface area contributed by atoms with Crippen LogP contribution in [-0.4, -0.2) is 48.5 Å². The van der Waals surface area contributed by atoms with Crippen molar-refractivity contribution in [3.63, 3.8) is 0 Å². The molecule has 12 heteroatoms. The van der Waals surface area contributed by atoms with Gasteiger partial charge in [0.15, 0.2) is 0 Å². The number of H-pyrrole nitrogens is 1. The van der Waals surface area contributed by atoms with E-state index >= 15 is 0 Å². The Balaban J connectivity index is 1.38. The number of carbonyl (C=O) groups excluding carboxylic acids is 2. The fourth-order valence-corrected chi connectivity index (χ4v) is 4.23. The normalized spacial score (nSPS) is 18.7. The van der Waals surface area contributed by atoms with Gasteiger partial charge in [0.2, 0.25) is 11.8 Å². The molecule has 0 fully saturated rings. The summed E-state index contributed by atoms with van der Waals surface area (Å²) in [6.07, 6.45) is 15.4. The van der Waals surface area contributed by atoms with Crippen LogP contribution in [0.2, 0.25) is 5.02 Å². The predicted molar refractivity (Wildman–Crippen MR) is 138 cm³/mol. The van der Waals surface area contributed by atoms with E-state index in [-0.39, 0.29) is 11.8 Å². The first kappa shape index (κ1) is 24.2. The molecule has 0 aliphatic carbocycles. The Morgan fingerprint density at radius 2 is 2.19 bits per heavy atom. The number of aromatic amines is 1. The molecule has 2 aromatic heterocycles. The van der Waals surface area contributed by atoms with Crippen LogP contribution in [0.5, 0.6) is 0 Å². The Bertz CT molecular complexity index is 1420. The van der Waals surface area contributed by atoms with Crippen LogP contribution in [0.15, 0.2) is 66.9 Å². The molecule has 1 aromatic carbocycles. The molecule has 4 heterocycles. The first-order chi connectivity index (χ1) is 18.1. The van der Waals surface area contributed by atoms with Crippen molar-refractivity contribution in [2.75, 3.05) is 6.54 Å². The summed E-state index contributed by atoms with van der Waals surface area (Å²) in [5.41, 5.74) is 3.54. The number of nitrogens with zero attached hydrogens (tertiary/aromatic N) is 5. The standard InChI is InChI=1S/C25H24ClN9O2/c26-17-7-8-22(35-15-29-33-34-35)16(12-17)6-9-24(37)30-19-4-2-1-3-5-23(36)31-20-13-27-11-10-18(20)21-14-28-25(19)32-21/h1-2,6-10,12-15,19,27H,3-5,11H2,(H,28,32)(H,30,37)(H,31,36)/b2-1+,9-6+/t19-/m0/s1. The van der Waals surface area contributed by atoms with Gasteiger partial charge >= 0.3 is 0 Å². The molecule has 2 bridgehead atoms. The van der Waals surface area contributed by atoms with E-state index in [0.717, 1.165) is 5.57 Å². The number of benzene rings is 1. The fraction of sp³-hybridized carbons (Fsp3) is 0.200. The van der Waals surface area contributed by atoms with E-state index in [1.165, 1.54) is 17.1 Å². The van der Waals surface area contributed by atoms with E-state index < -0.39 is 6.04 Å². The molecule has 5 rings (SSSR count). The van der Waals surface area contributed by atoms with Crippen LogP contribution in [0.25, 0.3) is 17.3 Å². The minimum Gasteiger partial charge on any atom is -0.386 e. The number of hydrogen-bond donors (Lipinski definition) is 4. The second-order valence-electron chi connectivity index (χ2n) is 8.40. The van der Waals surface area contributed by atoms with Crippen molar-refractivity contribution in [2.45, 2.75) is 25.3 Å². The first-order valence-electron chi connectivity index (χ1n) is 11.7. The molecule has 0 radical (unpaired) electrons. The molecular weight excluding hydrogens is 494 g/mol. The lowest BCUT2D eigenvalue weighted by molar-refractivity contribution is -0.120. The third kappa shape index (κ3) is 5.84. The molecule has 0 unspecified atom stereocenters. The molecular formula is C25H24ClN9O2. The summed E-state index contributed by atoms with van der Waals surface area (Å²) in [6, 6.07) is 4.83. The van der Waals surface area contributed by atoms with E-state index in [2.05, 4.69) is 36.5 Å². The number of allylic oxidation sites excluding steroid dienone is 2. The molecule has 2 aliphatic heterocycles. The van der Waals surface area contributed by atoms with Crippen LogP contribution in [0.4, 0.5) is 0 Å². The summed E-state index contributed by atoms with van der Waals surface area (Å²) in [5.74, 6) is 0.238. The molecule has 0 saturated carbocycles. The Hall–Kier alpha value is -4.51. The number of rotatable bonds is 4. The summed E-state index contributed by atoms with van der Waals surface area (Å²) in [7, 11) is 0. The third-order valence-electron chi connectivity index (χ3n) is 5.83. The summed E-state index contributed by atoms with van der Waals surface area (Å²) in [6.45, 7) is 0.625. The number of hydrogen-bond acceptors (Lipinski definition) is 7.